The number of amides is 1. The third-order valence-corrected chi connectivity index (χ3v) is 4.60. The lowest BCUT2D eigenvalue weighted by Crippen LogP contribution is -2.52. The summed E-state index contributed by atoms with van der Waals surface area (Å²) >= 11 is 0. The number of nitrogens with one attached hydrogen (secondary N) is 2. The molecule has 0 saturated carbocycles. The Hall–Kier alpha value is -2.14. The maximum Gasteiger partial charge on any atom is 0.255 e. The van der Waals surface area contributed by atoms with E-state index < -0.39 is 0 Å². The second-order valence-corrected chi connectivity index (χ2v) is 6.26. The molecule has 1 fully saturated rings. The monoisotopic (exact) mass is 312 g/mol. The third kappa shape index (κ3) is 3.15. The van der Waals surface area contributed by atoms with Gasteiger partial charge in [0.25, 0.3) is 5.91 Å². The lowest BCUT2D eigenvalue weighted by molar-refractivity contribution is 0.0918. The van der Waals surface area contributed by atoms with Gasteiger partial charge in [-0.2, -0.15) is 5.10 Å². The smallest absolute Gasteiger partial charge is 0.255 e. The van der Waals surface area contributed by atoms with Crippen LogP contribution in [0.3, 0.4) is 0 Å². The number of carbonyl (C=O) groups excluding carboxylic acids is 1. The Kier molecular flexibility index (Phi) is 4.48. The molecule has 2 unspecified atom stereocenters. The first-order chi connectivity index (χ1) is 11.1. The average Bonchev–Trinajstić information content (AvgIpc) is 2.85. The topological polar surface area (TPSA) is 59.0 Å². The van der Waals surface area contributed by atoms with Crippen molar-refractivity contribution in [1.29, 1.82) is 0 Å². The van der Waals surface area contributed by atoms with Crippen molar-refractivity contribution in [2.24, 2.45) is 0 Å². The quantitative estimate of drug-likeness (QED) is 0.915. The molecule has 2 aromatic rings. The van der Waals surface area contributed by atoms with Crippen molar-refractivity contribution in [2.45, 2.75) is 45.7 Å². The summed E-state index contributed by atoms with van der Waals surface area (Å²) < 4.78 is 1.84. The first-order valence-electron chi connectivity index (χ1n) is 8.24. The van der Waals surface area contributed by atoms with Gasteiger partial charge in [-0.3, -0.25) is 4.79 Å². The lowest BCUT2D eigenvalue weighted by atomic mass is 9.99. The molecule has 1 aromatic carbocycles. The molecule has 1 amide bonds. The van der Waals surface area contributed by atoms with Crippen LogP contribution in [0, 0.1) is 13.8 Å². The standard InChI is InChI=1S/C18H24N4O/c1-12-16(10-7-11-19-12)20-18(23)17-13(2)21-22(14(17)3)15-8-5-4-6-9-15/h4-6,8-9,12,16,19H,7,10-11H2,1-3H3,(H,20,23). The van der Waals surface area contributed by atoms with E-state index in [0.717, 1.165) is 36.5 Å². The molecule has 5 heteroatoms. The highest BCUT2D eigenvalue weighted by atomic mass is 16.1. The molecule has 122 valence electrons. The first-order valence-corrected chi connectivity index (χ1v) is 8.24. The average molecular weight is 312 g/mol. The lowest BCUT2D eigenvalue weighted by Gasteiger charge is -2.30. The van der Waals surface area contributed by atoms with Crippen molar-refractivity contribution in [1.82, 2.24) is 20.4 Å². The zero-order valence-corrected chi connectivity index (χ0v) is 14.0. The zero-order valence-electron chi connectivity index (χ0n) is 14.0. The molecular formula is C18H24N4O. The fraction of sp³-hybridized carbons (Fsp3) is 0.444. The minimum Gasteiger partial charge on any atom is -0.348 e. The van der Waals surface area contributed by atoms with Crippen LogP contribution >= 0.6 is 0 Å². The second kappa shape index (κ2) is 6.54. The Morgan fingerprint density at radius 3 is 2.74 bits per heavy atom. The predicted octanol–water partition coefficient (Wildman–Crippen LogP) is 2.36. The predicted molar refractivity (Wildman–Crippen MR) is 91.0 cm³/mol. The second-order valence-electron chi connectivity index (χ2n) is 6.26. The molecule has 0 spiro atoms. The molecular weight excluding hydrogens is 288 g/mol. The fourth-order valence-electron chi connectivity index (χ4n) is 3.27. The summed E-state index contributed by atoms with van der Waals surface area (Å²) in [6, 6.07) is 10.4. The summed E-state index contributed by atoms with van der Waals surface area (Å²) in [5, 5.41) is 11.1. The minimum atomic E-state index is -0.0252. The Bertz CT molecular complexity index is 693. The number of nitrogens with zero attached hydrogens (tertiary/aromatic N) is 2. The van der Waals surface area contributed by atoms with Gasteiger partial charge >= 0.3 is 0 Å². The largest absolute Gasteiger partial charge is 0.348 e. The highest BCUT2D eigenvalue weighted by Gasteiger charge is 2.26. The van der Waals surface area contributed by atoms with Gasteiger partial charge in [-0.25, -0.2) is 4.68 Å². The van der Waals surface area contributed by atoms with Gasteiger partial charge in [-0.15, -0.1) is 0 Å². The van der Waals surface area contributed by atoms with E-state index in [1.165, 1.54) is 0 Å². The molecule has 2 atom stereocenters. The van der Waals surface area contributed by atoms with Crippen molar-refractivity contribution < 1.29 is 4.79 Å². The maximum absolute atomic E-state index is 12.8. The summed E-state index contributed by atoms with van der Waals surface area (Å²) in [6.45, 7) is 6.99. The zero-order chi connectivity index (χ0) is 16.4. The van der Waals surface area contributed by atoms with E-state index in [9.17, 15) is 4.79 Å². The summed E-state index contributed by atoms with van der Waals surface area (Å²) in [6.07, 6.45) is 2.11. The van der Waals surface area contributed by atoms with Crippen LogP contribution < -0.4 is 10.6 Å². The Morgan fingerprint density at radius 2 is 2.04 bits per heavy atom. The van der Waals surface area contributed by atoms with Gasteiger partial charge in [0, 0.05) is 12.1 Å². The molecule has 23 heavy (non-hydrogen) atoms. The van der Waals surface area contributed by atoms with Crippen molar-refractivity contribution in [3.05, 3.63) is 47.3 Å². The Labute approximate surface area is 137 Å². The maximum atomic E-state index is 12.8. The number of para-hydroxylation sites is 1. The van der Waals surface area contributed by atoms with Crippen molar-refractivity contribution in [3.63, 3.8) is 0 Å². The molecule has 0 aliphatic carbocycles. The number of carbonyl (C=O) groups is 1. The van der Waals surface area contributed by atoms with E-state index in [-0.39, 0.29) is 11.9 Å². The van der Waals surface area contributed by atoms with E-state index in [4.69, 9.17) is 0 Å². The van der Waals surface area contributed by atoms with E-state index in [1.54, 1.807) is 0 Å². The highest BCUT2D eigenvalue weighted by molar-refractivity contribution is 5.96. The summed E-state index contributed by atoms with van der Waals surface area (Å²) in [5.74, 6) is -0.0252. The van der Waals surface area contributed by atoms with Crippen LogP contribution in [0.25, 0.3) is 5.69 Å². The van der Waals surface area contributed by atoms with E-state index in [2.05, 4.69) is 22.7 Å². The number of aromatic nitrogens is 2. The molecule has 2 N–H and O–H groups in total. The SMILES string of the molecule is Cc1nn(-c2ccccc2)c(C)c1C(=O)NC1CCCNC1C. The molecule has 0 bridgehead atoms. The third-order valence-electron chi connectivity index (χ3n) is 4.60. The summed E-state index contributed by atoms with van der Waals surface area (Å²) in [4.78, 5) is 12.8. The van der Waals surface area contributed by atoms with E-state index in [0.29, 0.717) is 11.6 Å². The number of rotatable bonds is 3. The number of aryl methyl sites for hydroxylation is 1. The number of hydrogen-bond donors (Lipinski definition) is 2. The molecule has 1 aliphatic rings. The molecule has 5 nitrogen and oxygen atoms in total. The van der Waals surface area contributed by atoms with Crippen LogP contribution in [0.5, 0.6) is 0 Å². The van der Waals surface area contributed by atoms with Gasteiger partial charge in [-0.1, -0.05) is 18.2 Å². The van der Waals surface area contributed by atoms with Gasteiger partial charge in [-0.05, 0) is 52.3 Å². The van der Waals surface area contributed by atoms with Crippen molar-refractivity contribution in [3.8, 4) is 5.69 Å². The summed E-state index contributed by atoms with van der Waals surface area (Å²) in [5.41, 5.74) is 3.30. The Balaban J connectivity index is 1.85. The van der Waals surface area contributed by atoms with E-state index >= 15 is 0 Å². The van der Waals surface area contributed by atoms with Gasteiger partial charge in [0.2, 0.25) is 0 Å². The molecule has 1 aromatic heterocycles. The molecule has 1 aliphatic heterocycles. The van der Waals surface area contributed by atoms with E-state index in [1.807, 2.05) is 48.9 Å². The molecule has 0 radical (unpaired) electrons. The normalized spacial score (nSPS) is 21.2. The van der Waals surface area contributed by atoms with Crippen LogP contribution in [0.2, 0.25) is 0 Å². The van der Waals surface area contributed by atoms with Crippen LogP contribution in [-0.4, -0.2) is 34.3 Å². The van der Waals surface area contributed by atoms with Crippen LogP contribution in [-0.2, 0) is 0 Å². The minimum absolute atomic E-state index is 0.0252. The van der Waals surface area contributed by atoms with Crippen molar-refractivity contribution in [2.75, 3.05) is 6.54 Å². The fourth-order valence-corrected chi connectivity index (χ4v) is 3.27. The first kappa shape index (κ1) is 15.7. The number of benzene rings is 1. The summed E-state index contributed by atoms with van der Waals surface area (Å²) in [7, 11) is 0. The van der Waals surface area contributed by atoms with Crippen LogP contribution in [0.15, 0.2) is 30.3 Å². The van der Waals surface area contributed by atoms with Crippen LogP contribution in [0.1, 0.15) is 41.5 Å². The van der Waals surface area contributed by atoms with Crippen LogP contribution in [0.4, 0.5) is 0 Å². The Morgan fingerprint density at radius 1 is 1.30 bits per heavy atom. The number of hydrogen-bond acceptors (Lipinski definition) is 3. The molecule has 2 heterocycles. The van der Waals surface area contributed by atoms with Crippen molar-refractivity contribution >= 4 is 5.91 Å². The highest BCUT2D eigenvalue weighted by Crippen LogP contribution is 2.18. The van der Waals surface area contributed by atoms with Gasteiger partial charge in [0.1, 0.15) is 0 Å². The molecule has 3 rings (SSSR count). The van der Waals surface area contributed by atoms with Gasteiger partial charge < -0.3 is 10.6 Å². The number of piperidine rings is 1. The molecule has 1 saturated heterocycles. The van der Waals surface area contributed by atoms with Gasteiger partial charge in [0.05, 0.1) is 22.6 Å². The van der Waals surface area contributed by atoms with Gasteiger partial charge in [0.15, 0.2) is 0 Å².